The molecule has 0 aliphatic heterocycles. The van der Waals surface area contributed by atoms with E-state index in [1.807, 2.05) is 0 Å². The van der Waals surface area contributed by atoms with Crippen molar-refractivity contribution in [2.45, 2.75) is 13.5 Å². The summed E-state index contributed by atoms with van der Waals surface area (Å²) >= 11 is 5.85. The average molecular weight is 444 g/mol. The second kappa shape index (κ2) is 9.86. The van der Waals surface area contributed by atoms with Gasteiger partial charge < -0.3 is 9.47 Å². The number of aromatic nitrogens is 3. The Balaban J connectivity index is 1.92. The van der Waals surface area contributed by atoms with E-state index in [1.165, 1.54) is 6.21 Å². The minimum Gasteiger partial charge on any atom is -0.497 e. The number of halogens is 1. The Kier molecular flexibility index (Phi) is 6.99. The lowest BCUT2D eigenvalue weighted by Crippen LogP contribution is -2.46. The highest BCUT2D eigenvalue weighted by atomic mass is 35.5. The lowest BCUT2D eigenvalue weighted by atomic mass is 10.1. The van der Waals surface area contributed by atoms with Crippen LogP contribution in [0.3, 0.4) is 0 Å². The van der Waals surface area contributed by atoms with Crippen LogP contribution in [0.4, 0.5) is 0 Å². The summed E-state index contributed by atoms with van der Waals surface area (Å²) in [5.74, 6) is -0.511. The molecular formula is C21H20ClN4O5+. The fourth-order valence-electron chi connectivity index (χ4n) is 2.70. The lowest BCUT2D eigenvalue weighted by molar-refractivity contribution is -0.744. The molecule has 0 fully saturated rings. The third-order valence-corrected chi connectivity index (χ3v) is 4.51. The van der Waals surface area contributed by atoms with E-state index in [-0.39, 0.29) is 24.6 Å². The summed E-state index contributed by atoms with van der Waals surface area (Å²) < 4.78 is 11.2. The van der Waals surface area contributed by atoms with Crippen molar-refractivity contribution >= 4 is 29.6 Å². The summed E-state index contributed by atoms with van der Waals surface area (Å²) in [6.07, 6.45) is 1.43. The van der Waals surface area contributed by atoms with Crippen LogP contribution in [-0.2, 0) is 11.3 Å². The van der Waals surface area contributed by atoms with Crippen LogP contribution >= 0.6 is 11.6 Å². The predicted octanol–water partition coefficient (Wildman–Crippen LogP) is 2.07. The van der Waals surface area contributed by atoms with Crippen molar-refractivity contribution in [2.24, 2.45) is 5.10 Å². The quantitative estimate of drug-likeness (QED) is 0.248. The molecule has 0 atom stereocenters. The molecule has 3 aromatic rings. The molecule has 0 bridgehead atoms. The number of ketones is 1. The van der Waals surface area contributed by atoms with E-state index in [9.17, 15) is 14.4 Å². The number of carbonyl (C=O) groups is 2. The van der Waals surface area contributed by atoms with Gasteiger partial charge in [-0.25, -0.2) is 9.59 Å². The van der Waals surface area contributed by atoms with Crippen LogP contribution in [0.5, 0.6) is 5.75 Å². The van der Waals surface area contributed by atoms with Crippen LogP contribution in [0.2, 0.25) is 5.02 Å². The largest absolute Gasteiger partial charge is 0.497 e. The Hall–Kier alpha value is -3.72. The summed E-state index contributed by atoms with van der Waals surface area (Å²) in [7, 11) is 1.56. The van der Waals surface area contributed by atoms with Crippen molar-refractivity contribution in [1.82, 2.24) is 10.0 Å². The number of aromatic amines is 1. The number of benzene rings is 2. The van der Waals surface area contributed by atoms with Crippen molar-refractivity contribution in [1.29, 1.82) is 0 Å². The van der Waals surface area contributed by atoms with Gasteiger partial charge in [-0.3, -0.25) is 4.79 Å². The number of carbonyl (C=O) groups excluding carboxylic acids is 2. The Morgan fingerprint density at radius 1 is 1.16 bits per heavy atom. The van der Waals surface area contributed by atoms with Gasteiger partial charge in [0.25, 0.3) is 0 Å². The lowest BCUT2D eigenvalue weighted by Gasteiger charge is -2.01. The third kappa shape index (κ3) is 5.26. The Morgan fingerprint density at radius 2 is 1.84 bits per heavy atom. The molecular weight excluding hydrogens is 424 g/mol. The number of esters is 1. The number of nitrogens with one attached hydrogen (secondary N) is 1. The zero-order valence-electron chi connectivity index (χ0n) is 16.9. The van der Waals surface area contributed by atoms with E-state index in [0.29, 0.717) is 21.9 Å². The number of hydrogen-bond acceptors (Lipinski definition) is 6. The summed E-state index contributed by atoms with van der Waals surface area (Å²) in [4.78, 5) is 38.6. The van der Waals surface area contributed by atoms with Crippen LogP contribution in [0, 0.1) is 0 Å². The number of ether oxygens (including phenoxy) is 2. The van der Waals surface area contributed by atoms with Crippen LogP contribution in [0.1, 0.15) is 33.3 Å². The molecule has 10 heteroatoms. The summed E-state index contributed by atoms with van der Waals surface area (Å²) in [5, 5.41) is 7.21. The van der Waals surface area contributed by atoms with Gasteiger partial charge in [0.1, 0.15) is 5.75 Å². The number of H-pyrrole nitrogens is 1. The normalized spacial score (nSPS) is 10.9. The standard InChI is InChI=1S/C21H19ClN4O5/c1-3-31-21(29)19-20(28)26(23-12-14-4-10-17(30-2)11-5-14)24-25(19)13-18(27)15-6-8-16(22)9-7-15/h4-12H,3,13H2,1-2H3/p+1. The zero-order valence-corrected chi connectivity index (χ0v) is 17.6. The monoisotopic (exact) mass is 443 g/mol. The molecule has 1 heterocycles. The SMILES string of the molecule is CCOC(=O)c1c(=O)n(N=Cc2ccc(OC)cc2)[nH][n+]1CC(=O)c1ccc(Cl)cc1. The molecule has 0 aliphatic carbocycles. The van der Waals surface area contributed by atoms with Gasteiger partial charge in [0.15, 0.2) is 6.54 Å². The molecule has 0 spiro atoms. The van der Waals surface area contributed by atoms with Crippen molar-refractivity contribution in [2.75, 3.05) is 13.7 Å². The van der Waals surface area contributed by atoms with E-state index in [2.05, 4.69) is 10.3 Å². The topological polar surface area (TPSA) is 107 Å². The maximum Gasteiger partial charge on any atom is 0.434 e. The average Bonchev–Trinajstić information content (AvgIpc) is 3.08. The molecule has 0 amide bonds. The maximum atomic E-state index is 12.7. The van der Waals surface area contributed by atoms with Gasteiger partial charge in [-0.15, -0.1) is 4.68 Å². The van der Waals surface area contributed by atoms with Crippen LogP contribution in [0.25, 0.3) is 0 Å². The van der Waals surface area contributed by atoms with Crippen LogP contribution in [-0.4, -0.2) is 41.7 Å². The highest BCUT2D eigenvalue weighted by molar-refractivity contribution is 6.30. The predicted molar refractivity (Wildman–Crippen MR) is 113 cm³/mol. The van der Waals surface area contributed by atoms with Gasteiger partial charge in [-0.05, 0) is 61.0 Å². The second-order valence-electron chi connectivity index (χ2n) is 6.32. The molecule has 9 nitrogen and oxygen atoms in total. The van der Waals surface area contributed by atoms with Gasteiger partial charge in [0.05, 0.1) is 19.9 Å². The van der Waals surface area contributed by atoms with E-state index < -0.39 is 11.5 Å². The molecule has 0 radical (unpaired) electrons. The van der Waals surface area contributed by atoms with E-state index in [4.69, 9.17) is 21.1 Å². The molecule has 1 aromatic heterocycles. The van der Waals surface area contributed by atoms with Gasteiger partial charge >= 0.3 is 17.2 Å². The van der Waals surface area contributed by atoms with Gasteiger partial charge in [-0.2, -0.15) is 0 Å². The number of hydrogen-bond donors (Lipinski definition) is 1. The first-order valence-corrected chi connectivity index (χ1v) is 9.70. The molecule has 160 valence electrons. The Labute approximate surface area is 182 Å². The number of methoxy groups -OCH3 is 1. The highest BCUT2D eigenvalue weighted by Crippen LogP contribution is 2.11. The fraction of sp³-hybridized carbons (Fsp3) is 0.190. The fourth-order valence-corrected chi connectivity index (χ4v) is 2.83. The zero-order chi connectivity index (χ0) is 22.4. The van der Waals surface area contributed by atoms with E-state index in [1.54, 1.807) is 62.6 Å². The maximum absolute atomic E-state index is 12.7. The van der Waals surface area contributed by atoms with Crippen molar-refractivity contribution in [3.63, 3.8) is 0 Å². The molecule has 0 aliphatic rings. The summed E-state index contributed by atoms with van der Waals surface area (Å²) in [6, 6.07) is 13.3. The van der Waals surface area contributed by atoms with Crippen molar-refractivity contribution in [3.05, 3.63) is 80.7 Å². The third-order valence-electron chi connectivity index (χ3n) is 4.26. The van der Waals surface area contributed by atoms with E-state index in [0.717, 1.165) is 9.47 Å². The van der Waals surface area contributed by atoms with Crippen molar-refractivity contribution < 1.29 is 23.7 Å². The second-order valence-corrected chi connectivity index (χ2v) is 6.76. The first-order chi connectivity index (χ1) is 14.9. The molecule has 0 saturated carbocycles. The minimum atomic E-state index is -0.856. The molecule has 0 unspecified atom stereocenters. The number of Topliss-reactive ketones (excluding diaryl/α,β-unsaturated/α-hetero) is 1. The molecule has 31 heavy (non-hydrogen) atoms. The Morgan fingerprint density at radius 3 is 2.45 bits per heavy atom. The van der Waals surface area contributed by atoms with Crippen LogP contribution < -0.4 is 15.0 Å². The van der Waals surface area contributed by atoms with Crippen LogP contribution in [0.15, 0.2) is 58.4 Å². The van der Waals surface area contributed by atoms with Crippen molar-refractivity contribution in [3.8, 4) is 5.75 Å². The molecule has 0 saturated heterocycles. The number of nitrogens with zero attached hydrogens (tertiary/aromatic N) is 3. The minimum absolute atomic E-state index is 0.0731. The number of rotatable bonds is 8. The smallest absolute Gasteiger partial charge is 0.434 e. The molecule has 3 rings (SSSR count). The molecule has 1 N–H and O–H groups in total. The summed E-state index contributed by atoms with van der Waals surface area (Å²) in [5.41, 5.74) is -0.00557. The van der Waals surface area contributed by atoms with Gasteiger partial charge in [-0.1, -0.05) is 21.9 Å². The first-order valence-electron chi connectivity index (χ1n) is 9.32. The first kappa shape index (κ1) is 22.0. The summed E-state index contributed by atoms with van der Waals surface area (Å²) in [6.45, 7) is 1.40. The highest BCUT2D eigenvalue weighted by Gasteiger charge is 2.31. The Bertz CT molecular complexity index is 1160. The van der Waals surface area contributed by atoms with Gasteiger partial charge in [0.2, 0.25) is 5.78 Å². The van der Waals surface area contributed by atoms with Gasteiger partial charge in [0, 0.05) is 15.4 Å². The molecule has 2 aromatic carbocycles. The van der Waals surface area contributed by atoms with E-state index >= 15 is 0 Å².